The van der Waals surface area contributed by atoms with E-state index in [-0.39, 0.29) is 47.8 Å². The molecule has 2 saturated carbocycles. The third kappa shape index (κ3) is 8.00. The maximum absolute atomic E-state index is 13.5. The molecule has 4 aromatic rings. The third-order valence-electron chi connectivity index (χ3n) is 12.4. The Bertz CT molecular complexity index is 1880. The molecule has 14 heteroatoms. The van der Waals surface area contributed by atoms with Crippen LogP contribution in [0.4, 0.5) is 9.59 Å². The Balaban J connectivity index is 0.870. The number of H-pyrrole nitrogens is 2. The predicted molar refractivity (Wildman–Crippen MR) is 208 cm³/mol. The van der Waals surface area contributed by atoms with E-state index in [1.54, 1.807) is 0 Å². The summed E-state index contributed by atoms with van der Waals surface area (Å²) in [7, 11) is 0. The van der Waals surface area contributed by atoms with Crippen LogP contribution in [0.2, 0.25) is 0 Å². The van der Waals surface area contributed by atoms with Gasteiger partial charge in [0.25, 0.3) is 0 Å². The minimum absolute atomic E-state index is 0.0789. The van der Waals surface area contributed by atoms with Gasteiger partial charge >= 0.3 is 12.2 Å². The Kier molecular flexibility index (Phi) is 10.8. The van der Waals surface area contributed by atoms with E-state index in [2.05, 4.69) is 69.1 Å². The van der Waals surface area contributed by atoms with E-state index in [0.717, 1.165) is 71.0 Å². The highest BCUT2D eigenvalue weighted by atomic mass is 16.4. The molecule has 2 saturated heterocycles. The van der Waals surface area contributed by atoms with E-state index in [4.69, 9.17) is 20.2 Å². The second kappa shape index (κ2) is 16.2. The van der Waals surface area contributed by atoms with Crippen LogP contribution in [0.5, 0.6) is 0 Å². The number of aromatic amines is 2. The highest BCUT2D eigenvalue weighted by Crippen LogP contribution is 2.38. The molecule has 0 unspecified atom stereocenters. The molecule has 0 spiro atoms. The van der Waals surface area contributed by atoms with Crippen LogP contribution in [0.15, 0.2) is 60.9 Å². The van der Waals surface area contributed by atoms with E-state index >= 15 is 0 Å². The van der Waals surface area contributed by atoms with Gasteiger partial charge in [-0.15, -0.1) is 0 Å². The molecular formula is C42H50N8O6. The molecule has 14 nitrogen and oxygen atoms in total. The fourth-order valence-electron chi connectivity index (χ4n) is 9.41. The number of aromatic nitrogens is 4. The lowest BCUT2D eigenvalue weighted by molar-refractivity contribution is -0.138. The molecule has 4 heterocycles. The Morgan fingerprint density at radius 1 is 0.536 bits per heavy atom. The predicted octanol–water partition coefficient (Wildman–Crippen LogP) is 7.11. The molecule has 4 aliphatic rings. The first-order valence-electron chi connectivity index (χ1n) is 20.1. The lowest BCUT2D eigenvalue weighted by Gasteiger charge is -2.32. The van der Waals surface area contributed by atoms with Crippen molar-refractivity contribution >= 4 is 24.0 Å². The summed E-state index contributed by atoms with van der Waals surface area (Å²) in [4.78, 5) is 69.5. The van der Waals surface area contributed by atoms with E-state index < -0.39 is 12.2 Å². The summed E-state index contributed by atoms with van der Waals surface area (Å²) in [5.41, 5.74) is 5.99. The number of nitrogens with zero attached hydrogens (tertiary/aromatic N) is 4. The van der Waals surface area contributed by atoms with Crippen molar-refractivity contribution in [2.45, 2.75) is 101 Å². The highest BCUT2D eigenvalue weighted by molar-refractivity contribution is 5.80. The lowest BCUT2D eigenvalue weighted by Crippen LogP contribution is -2.41. The number of nitrogens with one attached hydrogen (secondary N) is 4. The lowest BCUT2D eigenvalue weighted by atomic mass is 9.85. The Morgan fingerprint density at radius 2 is 0.893 bits per heavy atom. The number of hydrogen-bond donors (Lipinski definition) is 6. The number of carboxylic acid groups (broad SMARTS) is 2. The molecule has 4 amide bonds. The fraction of sp³-hybridized carbons (Fsp3) is 0.476. The highest BCUT2D eigenvalue weighted by Gasteiger charge is 2.39. The fourth-order valence-corrected chi connectivity index (χ4v) is 9.41. The number of carbonyl (C=O) groups is 4. The van der Waals surface area contributed by atoms with Crippen molar-refractivity contribution in [2.24, 2.45) is 11.8 Å². The first kappa shape index (κ1) is 37.3. The van der Waals surface area contributed by atoms with Crippen molar-refractivity contribution in [1.29, 1.82) is 0 Å². The van der Waals surface area contributed by atoms with Gasteiger partial charge in [0.1, 0.15) is 11.6 Å². The molecule has 0 bridgehead atoms. The summed E-state index contributed by atoms with van der Waals surface area (Å²) in [5.74, 6) is 1.75. The number of imidazole rings is 2. The maximum atomic E-state index is 13.5. The quantitative estimate of drug-likeness (QED) is 0.104. The van der Waals surface area contributed by atoms with Crippen LogP contribution in [-0.4, -0.2) is 89.1 Å². The molecule has 56 heavy (non-hydrogen) atoms. The summed E-state index contributed by atoms with van der Waals surface area (Å²) >= 11 is 0. The van der Waals surface area contributed by atoms with Gasteiger partial charge < -0.3 is 40.6 Å². The molecule has 6 N–H and O–H groups in total. The normalized spacial score (nSPS) is 25.2. The molecule has 2 atom stereocenters. The number of carbonyl (C=O) groups excluding carboxylic acids is 2. The van der Waals surface area contributed by atoms with Crippen LogP contribution in [-0.2, 0) is 9.59 Å². The number of benzene rings is 2. The van der Waals surface area contributed by atoms with Crippen LogP contribution >= 0.6 is 0 Å². The Morgan fingerprint density at radius 3 is 1.25 bits per heavy atom. The van der Waals surface area contributed by atoms with Gasteiger partial charge in [0, 0.05) is 37.0 Å². The number of likely N-dealkylation sites (tertiary alicyclic amines) is 2. The number of amides is 4. The van der Waals surface area contributed by atoms with Crippen LogP contribution in [0.25, 0.3) is 33.6 Å². The first-order chi connectivity index (χ1) is 27.2. The van der Waals surface area contributed by atoms with Gasteiger partial charge in [-0.1, -0.05) is 48.5 Å². The van der Waals surface area contributed by atoms with Gasteiger partial charge in [0.15, 0.2) is 0 Å². The Hall–Kier alpha value is -5.66. The average molecular weight is 763 g/mol. The van der Waals surface area contributed by atoms with Crippen molar-refractivity contribution in [3.05, 3.63) is 72.6 Å². The van der Waals surface area contributed by atoms with Gasteiger partial charge in [-0.3, -0.25) is 9.59 Å². The molecule has 2 aromatic carbocycles. The summed E-state index contributed by atoms with van der Waals surface area (Å²) in [6.07, 6.45) is 10.8. The smallest absolute Gasteiger partial charge is 0.404 e. The van der Waals surface area contributed by atoms with E-state index in [9.17, 15) is 19.2 Å². The summed E-state index contributed by atoms with van der Waals surface area (Å²) in [6.45, 7) is 1.42. The van der Waals surface area contributed by atoms with Gasteiger partial charge in [-0.05, 0) is 99.3 Å². The average Bonchev–Trinajstić information content (AvgIpc) is 4.05. The topological polar surface area (TPSA) is 197 Å². The van der Waals surface area contributed by atoms with Gasteiger partial charge in [0.05, 0.1) is 35.9 Å². The van der Waals surface area contributed by atoms with Crippen LogP contribution in [0, 0.1) is 11.8 Å². The standard InChI is InChI=1S/C42H50N8O6/c51-39(29-13-17-31(18-14-29)45-41(53)54)49-21-1-3-35(49)37-43-23-33(47-37)27-9-5-25(6-10-27)26-7-11-28(12-8-26)34-24-44-38(48-34)36-4-2-22-50(36)40(52)30-15-19-32(20-16-30)46-42(55)56/h5-12,23-24,29-32,35-36,45-46H,1-4,13-22H2,(H,43,47)(H,44,48)(H,53,54)(H,55,56)/t29-,30-,31+,32+,35-,36-/m0/s1. The minimum Gasteiger partial charge on any atom is -0.465 e. The van der Waals surface area contributed by atoms with Crippen molar-refractivity contribution < 1.29 is 29.4 Å². The zero-order valence-corrected chi connectivity index (χ0v) is 31.5. The van der Waals surface area contributed by atoms with Crippen molar-refractivity contribution in [2.75, 3.05) is 13.1 Å². The van der Waals surface area contributed by atoms with Gasteiger partial charge in [-0.25, -0.2) is 19.6 Å². The second-order valence-electron chi connectivity index (χ2n) is 15.9. The SMILES string of the molecule is O=C(O)N[C@H]1CC[C@@H](C(=O)N2CCC[C@H]2c2ncc(-c3ccc(-c4ccc(-c5cnc([C@@H]6CCCN6C(=O)[C@H]6CC[C@@H](NC(=O)O)CC6)[nH]5)cc4)cc3)[nH]2)CC1. The zero-order valence-electron chi connectivity index (χ0n) is 31.5. The van der Waals surface area contributed by atoms with Crippen LogP contribution < -0.4 is 10.6 Å². The molecule has 0 radical (unpaired) electrons. The molecule has 2 aliphatic heterocycles. The molecule has 4 fully saturated rings. The summed E-state index contributed by atoms with van der Waals surface area (Å²) < 4.78 is 0. The van der Waals surface area contributed by atoms with Crippen molar-refractivity contribution in [1.82, 2.24) is 40.4 Å². The maximum Gasteiger partial charge on any atom is 0.404 e. The third-order valence-corrected chi connectivity index (χ3v) is 12.4. The molecular weight excluding hydrogens is 713 g/mol. The summed E-state index contributed by atoms with van der Waals surface area (Å²) in [6, 6.07) is 16.4. The number of hydrogen-bond acceptors (Lipinski definition) is 6. The molecule has 2 aromatic heterocycles. The first-order valence-corrected chi connectivity index (χ1v) is 20.1. The molecule has 8 rings (SSSR count). The van der Waals surface area contributed by atoms with E-state index in [1.165, 1.54) is 0 Å². The van der Waals surface area contributed by atoms with Gasteiger partial charge in [0.2, 0.25) is 11.8 Å². The second-order valence-corrected chi connectivity index (χ2v) is 15.9. The van der Waals surface area contributed by atoms with Crippen molar-refractivity contribution in [3.63, 3.8) is 0 Å². The van der Waals surface area contributed by atoms with E-state index in [0.29, 0.717) is 64.5 Å². The summed E-state index contributed by atoms with van der Waals surface area (Å²) in [5, 5.41) is 23.2. The van der Waals surface area contributed by atoms with Crippen LogP contribution in [0.3, 0.4) is 0 Å². The largest absolute Gasteiger partial charge is 0.465 e. The van der Waals surface area contributed by atoms with Gasteiger partial charge in [-0.2, -0.15) is 0 Å². The van der Waals surface area contributed by atoms with Crippen LogP contribution in [0.1, 0.15) is 101 Å². The monoisotopic (exact) mass is 762 g/mol. The van der Waals surface area contributed by atoms with E-state index in [1.807, 2.05) is 22.2 Å². The molecule has 294 valence electrons. The minimum atomic E-state index is -1.01. The number of rotatable bonds is 9. The van der Waals surface area contributed by atoms with Crippen molar-refractivity contribution in [3.8, 4) is 33.6 Å². The zero-order chi connectivity index (χ0) is 38.8. The molecule has 2 aliphatic carbocycles. The Labute approximate surface area is 325 Å².